The molecular formula is C20H20ClN5O2. The van der Waals surface area contributed by atoms with Crippen LogP contribution in [0.4, 0.5) is 17.5 Å². The molecule has 3 aromatic rings. The molecule has 0 atom stereocenters. The molecular weight excluding hydrogens is 378 g/mol. The third-order valence-electron chi connectivity index (χ3n) is 4.69. The maximum Gasteiger partial charge on any atom is 0.247 e. The molecule has 1 aliphatic rings. The van der Waals surface area contributed by atoms with Crippen molar-refractivity contribution in [3.8, 4) is 11.5 Å². The molecule has 0 bridgehead atoms. The smallest absolute Gasteiger partial charge is 0.247 e. The second-order valence-corrected chi connectivity index (χ2v) is 6.80. The summed E-state index contributed by atoms with van der Waals surface area (Å²) in [4.78, 5) is 6.70. The van der Waals surface area contributed by atoms with Crippen LogP contribution in [0.1, 0.15) is 11.1 Å². The first-order chi connectivity index (χ1) is 13.7. The largest absolute Gasteiger partial charge is 0.493 e. The van der Waals surface area contributed by atoms with Crippen molar-refractivity contribution in [2.45, 2.75) is 13.0 Å². The molecule has 2 aromatic carbocycles. The summed E-state index contributed by atoms with van der Waals surface area (Å²) in [6.07, 6.45) is 2.44. The number of hydrogen-bond acceptors (Lipinski definition) is 7. The monoisotopic (exact) mass is 397 g/mol. The number of ether oxygens (including phenoxy) is 2. The topological polar surface area (TPSA) is 72.4 Å². The highest BCUT2D eigenvalue weighted by molar-refractivity contribution is 6.33. The number of aromatic nitrogens is 3. The number of para-hydroxylation sites is 1. The van der Waals surface area contributed by atoms with E-state index in [1.54, 1.807) is 20.4 Å². The van der Waals surface area contributed by atoms with Crippen molar-refractivity contribution in [2.75, 3.05) is 31.0 Å². The van der Waals surface area contributed by atoms with E-state index >= 15 is 0 Å². The summed E-state index contributed by atoms with van der Waals surface area (Å²) >= 11 is 6.21. The quantitative estimate of drug-likeness (QED) is 0.701. The van der Waals surface area contributed by atoms with Crippen LogP contribution in [0, 0.1) is 0 Å². The lowest BCUT2D eigenvalue weighted by atomic mass is 9.99. The Hall–Kier alpha value is -3.06. The molecule has 8 heteroatoms. The van der Waals surface area contributed by atoms with Gasteiger partial charge in [-0.15, -0.1) is 5.10 Å². The maximum absolute atomic E-state index is 6.21. The van der Waals surface area contributed by atoms with Crippen LogP contribution < -0.4 is 19.7 Å². The minimum atomic E-state index is 0.567. The fourth-order valence-electron chi connectivity index (χ4n) is 3.24. The molecule has 4 rings (SSSR count). The van der Waals surface area contributed by atoms with Gasteiger partial charge in [0.25, 0.3) is 0 Å². The predicted molar refractivity (Wildman–Crippen MR) is 109 cm³/mol. The van der Waals surface area contributed by atoms with E-state index in [-0.39, 0.29) is 0 Å². The van der Waals surface area contributed by atoms with E-state index in [0.717, 1.165) is 35.7 Å². The van der Waals surface area contributed by atoms with E-state index in [4.69, 9.17) is 21.1 Å². The van der Waals surface area contributed by atoms with Gasteiger partial charge in [-0.1, -0.05) is 23.7 Å². The van der Waals surface area contributed by atoms with Crippen molar-refractivity contribution in [3.05, 3.63) is 58.7 Å². The van der Waals surface area contributed by atoms with Crippen LogP contribution in [-0.2, 0) is 13.0 Å². The fourth-order valence-corrected chi connectivity index (χ4v) is 3.43. The SMILES string of the molecule is COc1cc2c(cc1OC)CN(c1nncc(Nc3ccccc3Cl)n1)CC2. The van der Waals surface area contributed by atoms with Gasteiger partial charge in [0.05, 0.1) is 31.1 Å². The van der Waals surface area contributed by atoms with Gasteiger partial charge in [-0.25, -0.2) is 0 Å². The van der Waals surface area contributed by atoms with Crippen LogP contribution in [0.3, 0.4) is 0 Å². The minimum absolute atomic E-state index is 0.567. The third kappa shape index (κ3) is 3.66. The van der Waals surface area contributed by atoms with E-state index < -0.39 is 0 Å². The Balaban J connectivity index is 1.57. The van der Waals surface area contributed by atoms with Crippen molar-refractivity contribution in [3.63, 3.8) is 0 Å². The normalized spacial score (nSPS) is 13.0. The standard InChI is InChI=1S/C20H20ClN5O2/c1-27-17-9-13-7-8-26(12-14(13)10-18(17)28-2)20-24-19(11-22-25-20)23-16-6-4-3-5-15(16)21/h3-6,9-11H,7-8,12H2,1-2H3,(H,23,24,25). The number of hydrogen-bond donors (Lipinski definition) is 1. The summed E-state index contributed by atoms with van der Waals surface area (Å²) in [7, 11) is 3.29. The molecule has 0 aliphatic carbocycles. The van der Waals surface area contributed by atoms with Crippen molar-refractivity contribution in [1.29, 1.82) is 0 Å². The molecule has 2 heterocycles. The Morgan fingerprint density at radius 1 is 1.07 bits per heavy atom. The summed E-state index contributed by atoms with van der Waals surface area (Å²) in [5.74, 6) is 2.63. The zero-order valence-electron chi connectivity index (χ0n) is 15.6. The van der Waals surface area contributed by atoms with Crippen LogP contribution in [0.2, 0.25) is 5.02 Å². The van der Waals surface area contributed by atoms with Gasteiger partial charge in [0.1, 0.15) is 0 Å². The van der Waals surface area contributed by atoms with Crippen molar-refractivity contribution < 1.29 is 9.47 Å². The van der Waals surface area contributed by atoms with E-state index in [1.807, 2.05) is 36.4 Å². The summed E-state index contributed by atoms with van der Waals surface area (Å²) < 4.78 is 10.8. The number of halogens is 1. The van der Waals surface area contributed by atoms with Crippen LogP contribution in [0.25, 0.3) is 0 Å². The van der Waals surface area contributed by atoms with Crippen LogP contribution in [0.15, 0.2) is 42.6 Å². The van der Waals surface area contributed by atoms with Gasteiger partial charge in [0, 0.05) is 13.1 Å². The van der Waals surface area contributed by atoms with Crippen LogP contribution >= 0.6 is 11.6 Å². The lowest BCUT2D eigenvalue weighted by Gasteiger charge is -2.29. The number of methoxy groups -OCH3 is 2. The number of fused-ring (bicyclic) bond motifs is 1. The zero-order valence-corrected chi connectivity index (χ0v) is 16.4. The summed E-state index contributed by atoms with van der Waals surface area (Å²) in [6, 6.07) is 11.6. The Labute approximate surface area is 168 Å². The summed E-state index contributed by atoms with van der Waals surface area (Å²) in [6.45, 7) is 1.46. The summed E-state index contributed by atoms with van der Waals surface area (Å²) in [5.41, 5.74) is 3.18. The molecule has 0 saturated heterocycles. The molecule has 1 aliphatic heterocycles. The van der Waals surface area contributed by atoms with E-state index in [0.29, 0.717) is 23.3 Å². The van der Waals surface area contributed by atoms with E-state index in [9.17, 15) is 0 Å². The molecule has 28 heavy (non-hydrogen) atoms. The lowest BCUT2D eigenvalue weighted by molar-refractivity contribution is 0.353. The van der Waals surface area contributed by atoms with Crippen molar-refractivity contribution in [1.82, 2.24) is 15.2 Å². The number of anilines is 3. The second-order valence-electron chi connectivity index (χ2n) is 6.39. The first kappa shape index (κ1) is 18.3. The molecule has 0 amide bonds. The molecule has 0 fully saturated rings. The average molecular weight is 398 g/mol. The Morgan fingerprint density at radius 3 is 2.57 bits per heavy atom. The van der Waals surface area contributed by atoms with E-state index in [1.165, 1.54) is 5.56 Å². The molecule has 0 saturated carbocycles. The van der Waals surface area contributed by atoms with Gasteiger partial charge in [0.2, 0.25) is 5.95 Å². The number of nitrogens with one attached hydrogen (secondary N) is 1. The highest BCUT2D eigenvalue weighted by Crippen LogP contribution is 2.34. The van der Waals surface area contributed by atoms with Gasteiger partial charge in [0.15, 0.2) is 17.3 Å². The van der Waals surface area contributed by atoms with Gasteiger partial charge < -0.3 is 19.7 Å². The minimum Gasteiger partial charge on any atom is -0.493 e. The molecule has 7 nitrogen and oxygen atoms in total. The third-order valence-corrected chi connectivity index (χ3v) is 5.01. The lowest BCUT2D eigenvalue weighted by Crippen LogP contribution is -2.32. The molecule has 1 N–H and O–H groups in total. The molecule has 144 valence electrons. The first-order valence-electron chi connectivity index (χ1n) is 8.88. The molecule has 0 unspecified atom stereocenters. The zero-order chi connectivity index (χ0) is 19.5. The maximum atomic E-state index is 6.21. The van der Waals surface area contributed by atoms with Gasteiger partial charge in [-0.2, -0.15) is 10.1 Å². The van der Waals surface area contributed by atoms with Crippen molar-refractivity contribution in [2.24, 2.45) is 0 Å². The van der Waals surface area contributed by atoms with Crippen molar-refractivity contribution >= 4 is 29.1 Å². The van der Waals surface area contributed by atoms with Gasteiger partial charge in [-0.05, 0) is 41.8 Å². The van der Waals surface area contributed by atoms with Gasteiger partial charge in [-0.3, -0.25) is 0 Å². The first-order valence-corrected chi connectivity index (χ1v) is 9.25. The highest BCUT2D eigenvalue weighted by Gasteiger charge is 2.21. The molecule has 1 aromatic heterocycles. The fraction of sp³-hybridized carbons (Fsp3) is 0.250. The average Bonchev–Trinajstić information content (AvgIpc) is 2.74. The predicted octanol–water partition coefficient (Wildman–Crippen LogP) is 3.85. The molecule has 0 spiro atoms. The number of nitrogens with zero attached hydrogens (tertiary/aromatic N) is 4. The molecule has 0 radical (unpaired) electrons. The van der Waals surface area contributed by atoms with Gasteiger partial charge >= 0.3 is 0 Å². The van der Waals surface area contributed by atoms with Crippen LogP contribution in [-0.4, -0.2) is 35.9 Å². The Morgan fingerprint density at radius 2 is 1.82 bits per heavy atom. The summed E-state index contributed by atoms with van der Waals surface area (Å²) in [5, 5.41) is 12.1. The highest BCUT2D eigenvalue weighted by atomic mass is 35.5. The number of rotatable bonds is 5. The Kier molecular flexibility index (Phi) is 5.16. The Bertz CT molecular complexity index is 998. The second kappa shape index (κ2) is 7.90. The van der Waals surface area contributed by atoms with E-state index in [2.05, 4.69) is 25.4 Å². The van der Waals surface area contributed by atoms with Crippen LogP contribution in [0.5, 0.6) is 11.5 Å². The number of benzene rings is 2.